The van der Waals surface area contributed by atoms with Crippen LogP contribution in [0.15, 0.2) is 48.7 Å². The number of piperazine rings is 1. The Morgan fingerprint density at radius 2 is 1.66 bits per heavy atom. The van der Waals surface area contributed by atoms with Crippen LogP contribution in [0, 0.1) is 0 Å². The molecular weight excluding hydrogens is 517 g/mol. The summed E-state index contributed by atoms with van der Waals surface area (Å²) in [6.07, 6.45) is -2.81. The quantitative estimate of drug-likeness (QED) is 0.439. The molecule has 2 aliphatic heterocycles. The van der Waals surface area contributed by atoms with Gasteiger partial charge in [0, 0.05) is 62.1 Å². The van der Waals surface area contributed by atoms with Gasteiger partial charge in [-0.3, -0.25) is 4.90 Å². The van der Waals surface area contributed by atoms with Gasteiger partial charge in [-0.25, -0.2) is 15.0 Å². The van der Waals surface area contributed by atoms with Crippen LogP contribution < -0.4 is 9.80 Å². The van der Waals surface area contributed by atoms with Crippen molar-refractivity contribution in [1.29, 1.82) is 0 Å². The van der Waals surface area contributed by atoms with Gasteiger partial charge in [0.2, 0.25) is 0 Å². The monoisotopic (exact) mass is 546 g/mol. The number of aromatic nitrogens is 3. The first kappa shape index (κ1) is 26.6. The third-order valence-corrected chi connectivity index (χ3v) is 6.97. The van der Waals surface area contributed by atoms with Crippen LogP contribution in [0.1, 0.15) is 25.2 Å². The van der Waals surface area contributed by atoms with E-state index in [-0.39, 0.29) is 18.0 Å². The van der Waals surface area contributed by atoms with Crippen molar-refractivity contribution in [2.24, 2.45) is 0 Å². The van der Waals surface area contributed by atoms with Gasteiger partial charge < -0.3 is 14.5 Å². The molecule has 11 heteroatoms. The van der Waals surface area contributed by atoms with Gasteiger partial charge in [0.25, 0.3) is 0 Å². The largest absolute Gasteiger partial charge is 0.419 e. The molecule has 0 radical (unpaired) electrons. The number of pyridine rings is 1. The molecule has 4 heterocycles. The highest BCUT2D eigenvalue weighted by Crippen LogP contribution is 2.35. The topological polar surface area (TPSA) is 57.6 Å². The van der Waals surface area contributed by atoms with Crippen LogP contribution in [-0.4, -0.2) is 71.3 Å². The number of benzene rings is 1. The maximum atomic E-state index is 13.5. The Kier molecular flexibility index (Phi) is 7.74. The average Bonchev–Trinajstić information content (AvgIpc) is 2.87. The average molecular weight is 547 g/mol. The highest BCUT2D eigenvalue weighted by atomic mass is 35.5. The van der Waals surface area contributed by atoms with E-state index in [1.807, 2.05) is 30.3 Å². The van der Waals surface area contributed by atoms with Gasteiger partial charge in [-0.1, -0.05) is 23.7 Å². The minimum Gasteiger partial charge on any atom is -0.373 e. The number of nitrogens with zero attached hydrogens (tertiary/aromatic N) is 6. The Labute approximate surface area is 225 Å². The van der Waals surface area contributed by atoms with Crippen molar-refractivity contribution in [2.75, 3.05) is 49.1 Å². The molecule has 1 aromatic carbocycles. The maximum Gasteiger partial charge on any atom is 0.419 e. The second-order valence-corrected chi connectivity index (χ2v) is 10.3. The summed E-state index contributed by atoms with van der Waals surface area (Å²) in [7, 11) is 0. The fourth-order valence-corrected chi connectivity index (χ4v) is 5.33. The summed E-state index contributed by atoms with van der Waals surface area (Å²) in [5.41, 5.74) is 0.927. The number of hydrogen-bond donors (Lipinski definition) is 0. The lowest BCUT2D eigenvalue weighted by molar-refractivity contribution is -0.137. The van der Waals surface area contributed by atoms with E-state index in [1.165, 1.54) is 12.3 Å². The molecule has 0 amide bonds. The number of morpholine rings is 1. The summed E-state index contributed by atoms with van der Waals surface area (Å²) in [6, 6.07) is 11.9. The third kappa shape index (κ3) is 6.19. The minimum absolute atomic E-state index is 0.0294. The van der Waals surface area contributed by atoms with Gasteiger partial charge in [0.15, 0.2) is 0 Å². The first-order chi connectivity index (χ1) is 18.2. The van der Waals surface area contributed by atoms with Crippen LogP contribution in [0.3, 0.4) is 0 Å². The fourth-order valence-electron chi connectivity index (χ4n) is 5.14. The lowest BCUT2D eigenvalue weighted by Crippen LogP contribution is -2.48. The van der Waals surface area contributed by atoms with E-state index in [0.29, 0.717) is 43.6 Å². The Morgan fingerprint density at radius 3 is 2.34 bits per heavy atom. The highest BCUT2D eigenvalue weighted by Gasteiger charge is 2.36. The van der Waals surface area contributed by atoms with Crippen molar-refractivity contribution in [3.8, 4) is 11.3 Å². The lowest BCUT2D eigenvalue weighted by atomic mass is 10.1. The van der Waals surface area contributed by atoms with Crippen molar-refractivity contribution < 1.29 is 17.9 Å². The molecule has 3 aromatic rings. The summed E-state index contributed by atoms with van der Waals surface area (Å²) in [4.78, 5) is 19.9. The van der Waals surface area contributed by atoms with Gasteiger partial charge in [-0.2, -0.15) is 13.2 Å². The van der Waals surface area contributed by atoms with E-state index < -0.39 is 11.7 Å². The molecule has 0 saturated carbocycles. The molecule has 2 aliphatic rings. The summed E-state index contributed by atoms with van der Waals surface area (Å²) < 4.78 is 46.5. The van der Waals surface area contributed by atoms with Crippen molar-refractivity contribution in [1.82, 2.24) is 19.9 Å². The van der Waals surface area contributed by atoms with E-state index in [2.05, 4.69) is 28.6 Å². The number of halogens is 4. The van der Waals surface area contributed by atoms with Gasteiger partial charge in [-0.05, 0) is 38.1 Å². The van der Waals surface area contributed by atoms with E-state index in [9.17, 15) is 13.2 Å². The zero-order valence-corrected chi connectivity index (χ0v) is 22.1. The molecular formula is C27H30ClF3N6O. The SMILES string of the molecule is CC1CN(Cc2nc(-c3cccc(Cl)c3)cc(N3CCN(c4ncccc4C(F)(F)F)CC3)n2)CC(C)O1. The molecule has 38 heavy (non-hydrogen) atoms. The van der Waals surface area contributed by atoms with Crippen molar-refractivity contribution in [3.05, 3.63) is 65.1 Å². The first-order valence-corrected chi connectivity index (χ1v) is 13.1. The molecule has 0 N–H and O–H groups in total. The van der Waals surface area contributed by atoms with E-state index in [4.69, 9.17) is 26.3 Å². The molecule has 2 atom stereocenters. The number of hydrogen-bond acceptors (Lipinski definition) is 7. The molecule has 7 nitrogen and oxygen atoms in total. The van der Waals surface area contributed by atoms with Crippen LogP contribution in [0.2, 0.25) is 5.02 Å². The molecule has 5 rings (SSSR count). The van der Waals surface area contributed by atoms with Crippen molar-refractivity contribution in [3.63, 3.8) is 0 Å². The lowest BCUT2D eigenvalue weighted by Gasteiger charge is -2.37. The zero-order valence-electron chi connectivity index (χ0n) is 21.3. The van der Waals surface area contributed by atoms with Crippen LogP contribution in [0.5, 0.6) is 0 Å². The predicted molar refractivity (Wildman–Crippen MR) is 141 cm³/mol. The standard InChI is InChI=1S/C27H30ClF3N6O/c1-18-15-35(16-19(2)38-18)17-24-33-23(20-5-3-6-21(28)13-20)14-25(34-24)36-9-11-37(12-10-36)26-22(27(29,30)31)7-4-8-32-26/h3-8,13-14,18-19H,9-12,15-17H2,1-2H3. The predicted octanol–water partition coefficient (Wildman–Crippen LogP) is 5.15. The molecule has 2 fully saturated rings. The molecule has 2 aromatic heterocycles. The number of ether oxygens (including phenoxy) is 1. The van der Waals surface area contributed by atoms with Crippen LogP contribution in [0.25, 0.3) is 11.3 Å². The Balaban J connectivity index is 1.40. The summed E-state index contributed by atoms with van der Waals surface area (Å²) in [5.74, 6) is 1.40. The Morgan fingerprint density at radius 1 is 0.947 bits per heavy atom. The van der Waals surface area contributed by atoms with Gasteiger partial charge >= 0.3 is 6.18 Å². The fraction of sp³-hybridized carbons (Fsp3) is 0.444. The highest BCUT2D eigenvalue weighted by molar-refractivity contribution is 6.30. The van der Waals surface area contributed by atoms with Crippen molar-refractivity contribution in [2.45, 2.75) is 38.8 Å². The van der Waals surface area contributed by atoms with Crippen molar-refractivity contribution >= 4 is 23.2 Å². The van der Waals surface area contributed by atoms with Gasteiger partial charge in [0.05, 0.1) is 30.0 Å². The molecule has 202 valence electrons. The minimum atomic E-state index is -4.46. The van der Waals surface area contributed by atoms with E-state index >= 15 is 0 Å². The van der Waals surface area contributed by atoms with Crippen LogP contribution in [-0.2, 0) is 17.5 Å². The summed E-state index contributed by atoms with van der Waals surface area (Å²) >= 11 is 6.26. The summed E-state index contributed by atoms with van der Waals surface area (Å²) in [5, 5.41) is 0.615. The first-order valence-electron chi connectivity index (χ1n) is 12.7. The molecule has 0 spiro atoms. The Bertz CT molecular complexity index is 1260. The number of anilines is 2. The normalized spacial score (nSPS) is 21.1. The summed E-state index contributed by atoms with van der Waals surface area (Å²) in [6.45, 7) is 8.06. The zero-order chi connectivity index (χ0) is 26.9. The second-order valence-electron chi connectivity index (χ2n) is 9.84. The van der Waals surface area contributed by atoms with Crippen LogP contribution in [0.4, 0.5) is 24.8 Å². The van der Waals surface area contributed by atoms with E-state index in [0.717, 1.165) is 36.2 Å². The second kappa shape index (κ2) is 11.0. The molecule has 2 saturated heterocycles. The maximum absolute atomic E-state index is 13.5. The third-order valence-electron chi connectivity index (χ3n) is 6.73. The van der Waals surface area contributed by atoms with Crippen LogP contribution >= 0.6 is 11.6 Å². The molecule has 0 aliphatic carbocycles. The van der Waals surface area contributed by atoms with E-state index in [1.54, 1.807) is 4.90 Å². The van der Waals surface area contributed by atoms with Gasteiger partial charge in [-0.15, -0.1) is 0 Å². The smallest absolute Gasteiger partial charge is 0.373 e. The number of alkyl halides is 3. The Hall–Kier alpha value is -2.95. The number of rotatable bonds is 5. The molecule has 2 unspecified atom stereocenters. The molecule has 0 bridgehead atoms. The van der Waals surface area contributed by atoms with Gasteiger partial charge in [0.1, 0.15) is 17.5 Å².